The van der Waals surface area contributed by atoms with Gasteiger partial charge in [0.1, 0.15) is 12.4 Å². The fourth-order valence-electron chi connectivity index (χ4n) is 3.80. The van der Waals surface area contributed by atoms with Crippen molar-refractivity contribution in [3.05, 3.63) is 41.1 Å². The number of hydrogen-bond donors (Lipinski definition) is 2. The molecule has 2 N–H and O–H groups in total. The quantitative estimate of drug-likeness (QED) is 0.700. The molecule has 1 aromatic heterocycles. The van der Waals surface area contributed by atoms with Crippen LogP contribution in [-0.4, -0.2) is 71.4 Å². The zero-order valence-electron chi connectivity index (χ0n) is 18.4. The van der Waals surface area contributed by atoms with Crippen molar-refractivity contribution < 1.29 is 28.2 Å². The number of alkyl halides is 1. The van der Waals surface area contributed by atoms with Crippen LogP contribution in [0, 0.1) is 6.92 Å². The summed E-state index contributed by atoms with van der Waals surface area (Å²) in [5.41, 5.74) is 0.966. The first kappa shape index (κ1) is 22.2. The molecule has 9 nitrogen and oxygen atoms in total. The monoisotopic (exact) mass is 446 g/mol. The molecule has 0 aliphatic carbocycles. The Balaban J connectivity index is 1.64. The largest absolute Gasteiger partial charge is 0.448 e. The van der Waals surface area contributed by atoms with Gasteiger partial charge in [-0.1, -0.05) is 0 Å². The Hall–Kier alpha value is -2.98. The summed E-state index contributed by atoms with van der Waals surface area (Å²) in [4.78, 5) is 33.2. The molecule has 32 heavy (non-hydrogen) atoms. The Labute approximate surface area is 185 Å². The highest BCUT2D eigenvalue weighted by molar-refractivity contribution is 6.06. The Morgan fingerprint density at radius 2 is 2.06 bits per heavy atom. The molecule has 172 valence electrons. The van der Waals surface area contributed by atoms with E-state index < -0.39 is 17.7 Å². The second-order valence-electron chi connectivity index (χ2n) is 8.64. The number of anilines is 2. The number of aryl methyl sites for hydroxylation is 1. The number of halogens is 1. The second-order valence-corrected chi connectivity index (χ2v) is 8.64. The van der Waals surface area contributed by atoms with Crippen molar-refractivity contribution >= 4 is 23.2 Å². The molecule has 4 rings (SSSR count). The van der Waals surface area contributed by atoms with E-state index in [9.17, 15) is 19.1 Å². The summed E-state index contributed by atoms with van der Waals surface area (Å²) >= 11 is 0. The zero-order valence-corrected chi connectivity index (χ0v) is 18.4. The van der Waals surface area contributed by atoms with Crippen molar-refractivity contribution in [2.24, 2.45) is 0 Å². The van der Waals surface area contributed by atoms with E-state index in [-0.39, 0.29) is 24.7 Å². The molecule has 1 atom stereocenters. The first-order chi connectivity index (χ1) is 15.1. The molecule has 3 heterocycles. The third-order valence-corrected chi connectivity index (χ3v) is 5.70. The van der Waals surface area contributed by atoms with Gasteiger partial charge >= 0.3 is 0 Å². The van der Waals surface area contributed by atoms with Gasteiger partial charge in [-0.25, -0.2) is 9.37 Å². The Bertz CT molecular complexity index is 1030. The van der Waals surface area contributed by atoms with Crippen LogP contribution in [0.3, 0.4) is 0 Å². The normalized spacial score (nSPS) is 17.5. The third kappa shape index (κ3) is 4.46. The molecule has 0 saturated carbocycles. The molecule has 0 spiro atoms. The van der Waals surface area contributed by atoms with Gasteiger partial charge in [-0.2, -0.15) is 0 Å². The molecule has 2 aliphatic heterocycles. The minimum atomic E-state index is -1.59. The number of nitrogens with zero attached hydrogens (tertiary/aromatic N) is 3. The van der Waals surface area contributed by atoms with Crippen LogP contribution in [0.1, 0.15) is 46.1 Å². The first-order valence-corrected chi connectivity index (χ1v) is 10.5. The van der Waals surface area contributed by atoms with Crippen LogP contribution in [0.25, 0.3) is 0 Å². The average molecular weight is 446 g/mol. The third-order valence-electron chi connectivity index (χ3n) is 5.70. The van der Waals surface area contributed by atoms with Gasteiger partial charge in [-0.15, -0.1) is 0 Å². The lowest BCUT2D eigenvalue weighted by atomic mass is 10.0. The molecule has 10 heteroatoms. The van der Waals surface area contributed by atoms with Crippen LogP contribution in [0.15, 0.2) is 22.8 Å². The number of fused-ring (bicyclic) bond motifs is 1. The second kappa shape index (κ2) is 8.51. The van der Waals surface area contributed by atoms with Gasteiger partial charge in [0.25, 0.3) is 11.8 Å². The van der Waals surface area contributed by atoms with Crippen molar-refractivity contribution in [1.29, 1.82) is 0 Å². The van der Waals surface area contributed by atoms with Crippen molar-refractivity contribution in [1.82, 2.24) is 9.88 Å². The number of oxazole rings is 1. The fraction of sp³-hybridized carbons (Fsp3) is 0.500. The summed E-state index contributed by atoms with van der Waals surface area (Å²) in [6.07, 6.45) is -0.301. The predicted octanol–water partition coefficient (Wildman–Crippen LogP) is 2.14. The van der Waals surface area contributed by atoms with Crippen molar-refractivity contribution in [2.75, 3.05) is 43.1 Å². The van der Waals surface area contributed by atoms with Crippen LogP contribution in [0.4, 0.5) is 15.8 Å². The number of carbonyl (C=O) groups is 2. The summed E-state index contributed by atoms with van der Waals surface area (Å²) in [7, 11) is 0. The molecular weight excluding hydrogens is 419 g/mol. The highest BCUT2D eigenvalue weighted by Gasteiger charge is 2.35. The highest BCUT2D eigenvalue weighted by atomic mass is 19.1. The standard InChI is InChI=1S/C22H27FN4O5/c1-13-24-17(12-32-13)20(28)25-16-8-14-10-27(11-19(23)22(2,3)30)21(29)15(14)9-18(16)26-4-6-31-7-5-26/h8-9,12,19,30H,4-7,10-11H2,1-3H3,(H,25,28). The smallest absolute Gasteiger partial charge is 0.277 e. The Morgan fingerprint density at radius 3 is 2.69 bits per heavy atom. The molecular formula is C22H27FN4O5. The van der Waals surface area contributed by atoms with Gasteiger partial charge in [0.05, 0.1) is 36.7 Å². The van der Waals surface area contributed by atoms with E-state index in [0.717, 1.165) is 0 Å². The number of amides is 2. The number of rotatable bonds is 6. The van der Waals surface area contributed by atoms with E-state index in [1.165, 1.54) is 25.0 Å². The Kier molecular flexibility index (Phi) is 5.91. The van der Waals surface area contributed by atoms with Crippen LogP contribution in [0.5, 0.6) is 0 Å². The molecule has 1 fully saturated rings. The first-order valence-electron chi connectivity index (χ1n) is 10.5. The molecule has 0 radical (unpaired) electrons. The van der Waals surface area contributed by atoms with Crippen molar-refractivity contribution in [3.8, 4) is 0 Å². The van der Waals surface area contributed by atoms with Gasteiger partial charge < -0.3 is 29.4 Å². The minimum Gasteiger partial charge on any atom is -0.448 e. The van der Waals surface area contributed by atoms with Crippen molar-refractivity contribution in [3.63, 3.8) is 0 Å². The van der Waals surface area contributed by atoms with Crippen LogP contribution < -0.4 is 10.2 Å². The SMILES string of the molecule is Cc1nc(C(=O)Nc2cc3c(cc2N2CCOCC2)C(=O)N(CC(F)C(C)(C)O)C3)co1. The summed E-state index contributed by atoms with van der Waals surface area (Å²) < 4.78 is 25.0. The number of carbonyl (C=O) groups excluding carboxylic acids is 2. The van der Waals surface area contributed by atoms with Crippen LogP contribution in [-0.2, 0) is 11.3 Å². The van der Waals surface area contributed by atoms with Gasteiger partial charge in [-0.3, -0.25) is 9.59 Å². The van der Waals surface area contributed by atoms with Crippen LogP contribution >= 0.6 is 0 Å². The lowest BCUT2D eigenvalue weighted by molar-refractivity contribution is -0.0159. The summed E-state index contributed by atoms with van der Waals surface area (Å²) in [5, 5.41) is 12.8. The number of ether oxygens (including phenoxy) is 1. The predicted molar refractivity (Wildman–Crippen MR) is 115 cm³/mol. The molecule has 2 aromatic rings. The number of nitrogens with one attached hydrogen (secondary N) is 1. The van der Waals surface area contributed by atoms with E-state index >= 15 is 0 Å². The summed E-state index contributed by atoms with van der Waals surface area (Å²) in [6, 6.07) is 3.49. The lowest BCUT2D eigenvalue weighted by Crippen LogP contribution is -2.42. The highest BCUT2D eigenvalue weighted by Crippen LogP contribution is 2.35. The van der Waals surface area contributed by atoms with Gasteiger partial charge in [-0.05, 0) is 31.5 Å². The number of aliphatic hydroxyl groups is 1. The van der Waals surface area contributed by atoms with Crippen molar-refractivity contribution in [2.45, 2.75) is 39.1 Å². The topological polar surface area (TPSA) is 108 Å². The summed E-state index contributed by atoms with van der Waals surface area (Å²) in [6.45, 7) is 6.65. The van der Waals surface area contributed by atoms with Gasteiger partial charge in [0, 0.05) is 32.1 Å². The van der Waals surface area contributed by atoms with Crippen LogP contribution in [0.2, 0.25) is 0 Å². The van der Waals surface area contributed by atoms with E-state index in [2.05, 4.69) is 10.3 Å². The maximum Gasteiger partial charge on any atom is 0.277 e. The van der Waals surface area contributed by atoms with E-state index in [1.807, 2.05) is 4.90 Å². The molecule has 1 unspecified atom stereocenters. The molecule has 2 aliphatic rings. The number of aromatic nitrogens is 1. The molecule has 0 bridgehead atoms. The van der Waals surface area contributed by atoms with Gasteiger partial charge in [0.2, 0.25) is 0 Å². The number of benzene rings is 1. The van der Waals surface area contributed by atoms with E-state index in [0.29, 0.717) is 54.7 Å². The van der Waals surface area contributed by atoms with E-state index in [4.69, 9.17) is 9.15 Å². The maximum atomic E-state index is 14.4. The Morgan fingerprint density at radius 1 is 1.34 bits per heavy atom. The number of hydrogen-bond acceptors (Lipinski definition) is 7. The summed E-state index contributed by atoms with van der Waals surface area (Å²) in [5.74, 6) is -0.346. The molecule has 1 aromatic carbocycles. The maximum absolute atomic E-state index is 14.4. The lowest BCUT2D eigenvalue weighted by Gasteiger charge is -2.31. The average Bonchev–Trinajstić information content (AvgIpc) is 3.31. The minimum absolute atomic E-state index is 0.152. The molecule has 2 amide bonds. The van der Waals surface area contributed by atoms with E-state index in [1.54, 1.807) is 19.1 Å². The van der Waals surface area contributed by atoms with Gasteiger partial charge in [0.15, 0.2) is 11.6 Å². The number of morpholine rings is 1. The molecule has 1 saturated heterocycles. The fourth-order valence-corrected chi connectivity index (χ4v) is 3.80. The zero-order chi connectivity index (χ0) is 23.0.